The lowest BCUT2D eigenvalue weighted by molar-refractivity contribution is -0.0166. The molecule has 0 spiro atoms. The summed E-state index contributed by atoms with van der Waals surface area (Å²) in [5.41, 5.74) is 0. The van der Waals surface area contributed by atoms with Gasteiger partial charge in [0.1, 0.15) is 0 Å². The molecule has 1 aliphatic heterocycles. The fraction of sp³-hybridized carbons (Fsp3) is 0.889. The van der Waals surface area contributed by atoms with Gasteiger partial charge in [-0.25, -0.2) is 0 Å². The molecule has 19 heavy (non-hydrogen) atoms. The lowest BCUT2D eigenvalue weighted by Crippen LogP contribution is -2.31. The standard InChI is InChI=1S/C18H32O/c1-3-5-6-7-15-8-10-16(11-9-15)17-12-13-18(4-2)19-14-17/h4,15-18H,2-3,5-14H2,1H3. The minimum Gasteiger partial charge on any atom is -0.374 e. The summed E-state index contributed by atoms with van der Waals surface area (Å²) in [6.07, 6.45) is 16.5. The molecule has 2 unspecified atom stereocenters. The summed E-state index contributed by atoms with van der Waals surface area (Å²) in [6, 6.07) is 0. The third-order valence-electron chi connectivity index (χ3n) is 5.38. The maximum absolute atomic E-state index is 5.88. The van der Waals surface area contributed by atoms with Crippen LogP contribution >= 0.6 is 0 Å². The summed E-state index contributed by atoms with van der Waals surface area (Å²) in [6.45, 7) is 7.13. The van der Waals surface area contributed by atoms with Crippen molar-refractivity contribution < 1.29 is 4.74 Å². The molecule has 0 aromatic carbocycles. The average molecular weight is 264 g/mol. The van der Waals surface area contributed by atoms with E-state index in [1.54, 1.807) is 0 Å². The van der Waals surface area contributed by atoms with Crippen LogP contribution < -0.4 is 0 Å². The molecule has 2 rings (SSSR count). The van der Waals surface area contributed by atoms with Crippen molar-refractivity contribution in [2.24, 2.45) is 17.8 Å². The van der Waals surface area contributed by atoms with E-state index in [-0.39, 0.29) is 0 Å². The van der Waals surface area contributed by atoms with Crippen LogP contribution in [0.1, 0.15) is 71.1 Å². The maximum atomic E-state index is 5.88. The Kier molecular flexibility index (Phi) is 6.43. The summed E-state index contributed by atoms with van der Waals surface area (Å²) < 4.78 is 5.88. The molecular formula is C18H32O. The highest BCUT2D eigenvalue weighted by Crippen LogP contribution is 2.39. The molecule has 1 saturated carbocycles. The first-order chi connectivity index (χ1) is 9.33. The maximum Gasteiger partial charge on any atom is 0.0753 e. The van der Waals surface area contributed by atoms with Gasteiger partial charge in [0.2, 0.25) is 0 Å². The largest absolute Gasteiger partial charge is 0.374 e. The van der Waals surface area contributed by atoms with Gasteiger partial charge in [-0.1, -0.05) is 51.5 Å². The zero-order valence-corrected chi connectivity index (χ0v) is 12.8. The second-order valence-electron chi connectivity index (χ2n) is 6.72. The summed E-state index contributed by atoms with van der Waals surface area (Å²) in [4.78, 5) is 0. The Morgan fingerprint density at radius 3 is 2.32 bits per heavy atom. The highest BCUT2D eigenvalue weighted by atomic mass is 16.5. The summed E-state index contributed by atoms with van der Waals surface area (Å²) in [5, 5.41) is 0. The number of hydrogen-bond acceptors (Lipinski definition) is 1. The molecule has 2 atom stereocenters. The van der Waals surface area contributed by atoms with E-state index >= 15 is 0 Å². The van der Waals surface area contributed by atoms with Gasteiger partial charge in [0, 0.05) is 0 Å². The predicted molar refractivity (Wildman–Crippen MR) is 82.3 cm³/mol. The molecule has 0 amide bonds. The quantitative estimate of drug-likeness (QED) is 0.464. The van der Waals surface area contributed by atoms with E-state index in [9.17, 15) is 0 Å². The first-order valence-electron chi connectivity index (χ1n) is 8.57. The van der Waals surface area contributed by atoms with Crippen LogP contribution in [0.25, 0.3) is 0 Å². The molecular weight excluding hydrogens is 232 g/mol. The van der Waals surface area contributed by atoms with Gasteiger partial charge in [0.15, 0.2) is 0 Å². The molecule has 2 aliphatic rings. The molecule has 1 saturated heterocycles. The van der Waals surface area contributed by atoms with Crippen molar-refractivity contribution in [1.82, 2.24) is 0 Å². The van der Waals surface area contributed by atoms with Gasteiger partial charge in [0.25, 0.3) is 0 Å². The Morgan fingerprint density at radius 1 is 1.00 bits per heavy atom. The zero-order valence-electron chi connectivity index (χ0n) is 12.8. The van der Waals surface area contributed by atoms with Crippen LogP contribution in [0.5, 0.6) is 0 Å². The number of rotatable bonds is 6. The topological polar surface area (TPSA) is 9.23 Å². The summed E-state index contributed by atoms with van der Waals surface area (Å²) >= 11 is 0. The summed E-state index contributed by atoms with van der Waals surface area (Å²) in [5.74, 6) is 2.83. The van der Waals surface area contributed by atoms with E-state index in [0.717, 1.165) is 24.4 Å². The first-order valence-corrected chi connectivity index (χ1v) is 8.57. The highest BCUT2D eigenvalue weighted by Gasteiger charge is 2.30. The van der Waals surface area contributed by atoms with E-state index in [0.29, 0.717) is 6.10 Å². The second-order valence-corrected chi connectivity index (χ2v) is 6.72. The van der Waals surface area contributed by atoms with Crippen molar-refractivity contribution in [3.63, 3.8) is 0 Å². The first kappa shape index (κ1) is 15.1. The minimum absolute atomic E-state index is 0.335. The van der Waals surface area contributed by atoms with Crippen LogP contribution in [0.4, 0.5) is 0 Å². The van der Waals surface area contributed by atoms with Gasteiger partial charge >= 0.3 is 0 Å². The van der Waals surface area contributed by atoms with Crippen molar-refractivity contribution in [3.05, 3.63) is 12.7 Å². The van der Waals surface area contributed by atoms with Gasteiger partial charge < -0.3 is 4.74 Å². The Morgan fingerprint density at radius 2 is 1.74 bits per heavy atom. The number of unbranched alkanes of at least 4 members (excludes halogenated alkanes) is 2. The zero-order chi connectivity index (χ0) is 13.5. The van der Waals surface area contributed by atoms with Gasteiger partial charge in [-0.05, 0) is 43.4 Å². The van der Waals surface area contributed by atoms with Crippen LogP contribution in [-0.4, -0.2) is 12.7 Å². The van der Waals surface area contributed by atoms with Crippen molar-refractivity contribution in [3.8, 4) is 0 Å². The average Bonchev–Trinajstić information content (AvgIpc) is 2.48. The molecule has 0 radical (unpaired) electrons. The molecule has 1 nitrogen and oxygen atoms in total. The smallest absolute Gasteiger partial charge is 0.0753 e. The minimum atomic E-state index is 0.335. The highest BCUT2D eigenvalue weighted by molar-refractivity contribution is 4.87. The van der Waals surface area contributed by atoms with Crippen molar-refractivity contribution in [2.45, 2.75) is 77.2 Å². The Hall–Kier alpha value is -0.300. The molecule has 110 valence electrons. The van der Waals surface area contributed by atoms with Crippen molar-refractivity contribution >= 4 is 0 Å². The van der Waals surface area contributed by atoms with Crippen LogP contribution in [0.2, 0.25) is 0 Å². The van der Waals surface area contributed by atoms with E-state index in [4.69, 9.17) is 4.74 Å². The fourth-order valence-electron chi connectivity index (χ4n) is 3.98. The third-order valence-corrected chi connectivity index (χ3v) is 5.38. The normalized spacial score (nSPS) is 36.1. The SMILES string of the molecule is C=CC1CCC(C2CCC(CCCCC)CC2)CO1. The van der Waals surface area contributed by atoms with Crippen LogP contribution in [0.3, 0.4) is 0 Å². The molecule has 2 fully saturated rings. The molecule has 1 heteroatoms. The predicted octanol–water partition coefficient (Wildman–Crippen LogP) is 5.35. The molecule has 0 N–H and O–H groups in total. The van der Waals surface area contributed by atoms with Crippen molar-refractivity contribution in [1.29, 1.82) is 0 Å². The molecule has 0 aromatic heterocycles. The number of hydrogen-bond donors (Lipinski definition) is 0. The van der Waals surface area contributed by atoms with Gasteiger partial charge in [-0.15, -0.1) is 6.58 Å². The molecule has 0 bridgehead atoms. The van der Waals surface area contributed by atoms with Crippen molar-refractivity contribution in [2.75, 3.05) is 6.61 Å². The van der Waals surface area contributed by atoms with Crippen LogP contribution in [0, 0.1) is 17.8 Å². The van der Waals surface area contributed by atoms with E-state index < -0.39 is 0 Å². The molecule has 1 aliphatic carbocycles. The van der Waals surface area contributed by atoms with E-state index in [1.165, 1.54) is 64.2 Å². The monoisotopic (exact) mass is 264 g/mol. The Bertz CT molecular complexity index is 244. The number of ether oxygens (including phenoxy) is 1. The fourth-order valence-corrected chi connectivity index (χ4v) is 3.98. The Balaban J connectivity index is 1.64. The molecule has 0 aromatic rings. The molecule has 1 heterocycles. The Labute approximate surface area is 119 Å². The second kappa shape index (κ2) is 8.09. The van der Waals surface area contributed by atoms with Gasteiger partial charge in [-0.3, -0.25) is 0 Å². The van der Waals surface area contributed by atoms with Crippen LogP contribution in [-0.2, 0) is 4.74 Å². The van der Waals surface area contributed by atoms with Gasteiger partial charge in [-0.2, -0.15) is 0 Å². The third kappa shape index (κ3) is 4.63. The lowest BCUT2D eigenvalue weighted by Gasteiger charge is -2.37. The van der Waals surface area contributed by atoms with E-state index in [1.807, 2.05) is 6.08 Å². The van der Waals surface area contributed by atoms with Gasteiger partial charge in [0.05, 0.1) is 12.7 Å². The van der Waals surface area contributed by atoms with E-state index in [2.05, 4.69) is 13.5 Å². The lowest BCUT2D eigenvalue weighted by atomic mass is 9.73. The summed E-state index contributed by atoms with van der Waals surface area (Å²) in [7, 11) is 0. The van der Waals surface area contributed by atoms with Crippen LogP contribution in [0.15, 0.2) is 12.7 Å².